The topological polar surface area (TPSA) is 65.9 Å². The maximum atomic E-state index is 12.2. The fraction of sp³-hybridized carbons (Fsp3) is 0.355. The molecule has 38 heavy (non-hydrogen) atoms. The predicted octanol–water partition coefficient (Wildman–Crippen LogP) is 2.89. The Kier molecular flexibility index (Phi) is 9.95. The molecule has 0 aromatic heterocycles. The van der Waals surface area contributed by atoms with Crippen molar-refractivity contribution in [2.45, 2.75) is 33.1 Å². The Morgan fingerprint density at radius 1 is 1.03 bits per heavy atom. The number of aryl methyl sites for hydroxylation is 1. The molecule has 0 fully saturated rings. The van der Waals surface area contributed by atoms with E-state index in [1.54, 1.807) is 12.1 Å². The molecule has 202 valence electrons. The molecule has 0 radical (unpaired) electrons. The number of halogens is 1. The SMILES string of the molecule is CCCCCOCC[N+](C)=c1cc2oc3cc(N(C)C)ccc3c(-c3ccccc3C(=O)O)c-2cc1C.[Cl-]. The van der Waals surface area contributed by atoms with Crippen LogP contribution in [-0.2, 0) is 4.74 Å². The molecule has 2 aromatic rings. The second-order valence-electron chi connectivity index (χ2n) is 9.78. The first kappa shape index (κ1) is 29.2. The van der Waals surface area contributed by atoms with E-state index in [1.807, 2.05) is 49.3 Å². The molecule has 0 atom stereocenters. The molecule has 1 heterocycles. The summed E-state index contributed by atoms with van der Waals surface area (Å²) in [6.07, 6.45) is 3.47. The number of rotatable bonds is 10. The molecular formula is C31H37ClN2O4. The maximum Gasteiger partial charge on any atom is 0.336 e. The van der Waals surface area contributed by atoms with Crippen molar-refractivity contribution in [1.29, 1.82) is 0 Å². The Hall–Kier alpha value is -3.35. The van der Waals surface area contributed by atoms with E-state index in [0.717, 1.165) is 58.5 Å². The van der Waals surface area contributed by atoms with Gasteiger partial charge in [-0.1, -0.05) is 38.0 Å². The summed E-state index contributed by atoms with van der Waals surface area (Å²) in [4.78, 5) is 14.2. The standard InChI is InChI=1S/C31H36N2O4.ClH/c1-6-7-10-16-36-17-15-33(5)27-20-29-26(18-21(27)2)30(23-11-8-9-12-24(23)31(34)35)25-14-13-22(32(3)4)19-28(25)37-29;/h8-9,11-14,18-20H,6-7,10,15-17H2,1-5H3;1H. The number of carboxylic acids is 1. The molecule has 0 amide bonds. The van der Waals surface area contributed by atoms with Crippen molar-refractivity contribution in [3.05, 3.63) is 71.1 Å². The maximum absolute atomic E-state index is 12.2. The molecule has 7 heteroatoms. The van der Waals surface area contributed by atoms with Crippen LogP contribution in [0.1, 0.15) is 42.1 Å². The Morgan fingerprint density at radius 3 is 2.50 bits per heavy atom. The number of unbranched alkanes of at least 4 members (excludes halogenated alkanes) is 2. The lowest BCUT2D eigenvalue weighted by Gasteiger charge is -2.19. The minimum absolute atomic E-state index is 0. The fourth-order valence-corrected chi connectivity index (χ4v) is 4.77. The molecule has 0 saturated carbocycles. The molecule has 2 aromatic carbocycles. The third kappa shape index (κ3) is 6.20. The van der Waals surface area contributed by atoms with Crippen LogP contribution in [0.3, 0.4) is 0 Å². The Bertz CT molecular complexity index is 1460. The van der Waals surface area contributed by atoms with Crippen LogP contribution < -0.4 is 27.2 Å². The van der Waals surface area contributed by atoms with Crippen LogP contribution in [0.5, 0.6) is 0 Å². The van der Waals surface area contributed by atoms with Gasteiger partial charge in [-0.15, -0.1) is 0 Å². The van der Waals surface area contributed by atoms with Gasteiger partial charge < -0.3 is 31.6 Å². The van der Waals surface area contributed by atoms with Crippen LogP contribution in [0.25, 0.3) is 33.4 Å². The quantitative estimate of drug-likeness (QED) is 0.192. The molecular weight excluding hydrogens is 500 g/mol. The second-order valence-corrected chi connectivity index (χ2v) is 9.78. The van der Waals surface area contributed by atoms with Crippen molar-refractivity contribution in [3.8, 4) is 22.5 Å². The average molecular weight is 537 g/mol. The highest BCUT2D eigenvalue weighted by Crippen LogP contribution is 2.42. The van der Waals surface area contributed by atoms with Gasteiger partial charge in [-0.05, 0) is 43.2 Å². The van der Waals surface area contributed by atoms with Gasteiger partial charge >= 0.3 is 5.97 Å². The summed E-state index contributed by atoms with van der Waals surface area (Å²) in [6, 6.07) is 17.4. The molecule has 0 bridgehead atoms. The number of carbonyl (C=O) groups is 1. The highest BCUT2D eigenvalue weighted by molar-refractivity contribution is 6.07. The van der Waals surface area contributed by atoms with Gasteiger partial charge in [0, 0.05) is 54.5 Å². The van der Waals surface area contributed by atoms with Gasteiger partial charge in [0.2, 0.25) is 5.36 Å². The van der Waals surface area contributed by atoms with Crippen molar-refractivity contribution in [2.24, 2.45) is 0 Å². The van der Waals surface area contributed by atoms with Crippen molar-refractivity contribution >= 4 is 22.6 Å². The number of ether oxygens (including phenoxy) is 1. The molecule has 1 aliphatic carbocycles. The zero-order valence-electron chi connectivity index (χ0n) is 22.9. The van der Waals surface area contributed by atoms with E-state index in [2.05, 4.69) is 37.6 Å². The van der Waals surface area contributed by atoms with Crippen LogP contribution in [0.15, 0.2) is 59.0 Å². The highest BCUT2D eigenvalue weighted by atomic mass is 35.5. The van der Waals surface area contributed by atoms with E-state index in [4.69, 9.17) is 9.15 Å². The van der Waals surface area contributed by atoms with E-state index in [1.165, 1.54) is 12.8 Å². The number of hydrogen-bond acceptors (Lipinski definition) is 4. The average Bonchev–Trinajstić information content (AvgIpc) is 2.88. The van der Waals surface area contributed by atoms with Crippen LogP contribution in [0.2, 0.25) is 0 Å². The fourth-order valence-electron chi connectivity index (χ4n) is 4.77. The van der Waals surface area contributed by atoms with E-state index < -0.39 is 5.97 Å². The number of aromatic carboxylic acids is 1. The monoisotopic (exact) mass is 536 g/mol. The number of likely N-dealkylation sites (N-methyl/N-ethyl adjacent to an activating group) is 1. The van der Waals surface area contributed by atoms with Crippen LogP contribution in [0.4, 0.5) is 5.69 Å². The third-order valence-corrected chi connectivity index (χ3v) is 6.84. The minimum atomic E-state index is -0.949. The number of anilines is 1. The summed E-state index contributed by atoms with van der Waals surface area (Å²) in [5, 5.41) is 11.9. The van der Waals surface area contributed by atoms with Gasteiger partial charge in [0.05, 0.1) is 11.6 Å². The van der Waals surface area contributed by atoms with Crippen molar-refractivity contribution in [3.63, 3.8) is 0 Å². The Balaban J connectivity index is 0.00000400. The number of hydrogen-bond donors (Lipinski definition) is 1. The molecule has 1 N–H and O–H groups in total. The molecule has 0 unspecified atom stereocenters. The number of carboxylic acid groups (broad SMARTS) is 1. The van der Waals surface area contributed by atoms with E-state index in [0.29, 0.717) is 17.8 Å². The summed E-state index contributed by atoms with van der Waals surface area (Å²) >= 11 is 0. The van der Waals surface area contributed by atoms with E-state index in [9.17, 15) is 9.90 Å². The van der Waals surface area contributed by atoms with Gasteiger partial charge in [0.1, 0.15) is 25.0 Å². The molecule has 4 rings (SSSR count). The first-order valence-corrected chi connectivity index (χ1v) is 12.9. The van der Waals surface area contributed by atoms with E-state index in [-0.39, 0.29) is 18.0 Å². The zero-order chi connectivity index (χ0) is 26.5. The molecule has 0 saturated heterocycles. The van der Waals surface area contributed by atoms with Gasteiger partial charge in [-0.2, -0.15) is 0 Å². The number of fused-ring (bicyclic) bond motifs is 2. The molecule has 2 aliphatic rings. The first-order chi connectivity index (χ1) is 17.8. The van der Waals surface area contributed by atoms with Crippen LogP contribution in [0, 0.1) is 6.92 Å². The Labute approximate surface area is 230 Å². The third-order valence-electron chi connectivity index (χ3n) is 6.84. The summed E-state index contributed by atoms with van der Waals surface area (Å²) < 4.78 is 14.5. The lowest BCUT2D eigenvalue weighted by Crippen LogP contribution is -3.00. The van der Waals surface area contributed by atoms with Crippen LogP contribution in [-0.4, -0.2) is 52.0 Å². The lowest BCUT2D eigenvalue weighted by atomic mass is 9.90. The summed E-state index contributed by atoms with van der Waals surface area (Å²) in [5.41, 5.74) is 5.53. The second kappa shape index (κ2) is 12.9. The van der Waals surface area contributed by atoms with Crippen molar-refractivity contribution < 1.29 is 31.5 Å². The lowest BCUT2D eigenvalue weighted by molar-refractivity contribution is -0.0000243. The molecule has 1 aliphatic heterocycles. The summed E-state index contributed by atoms with van der Waals surface area (Å²) in [7, 11) is 6.04. The van der Waals surface area contributed by atoms with Gasteiger partial charge in [0.15, 0.2) is 6.54 Å². The number of benzene rings is 3. The molecule has 0 spiro atoms. The smallest absolute Gasteiger partial charge is 0.336 e. The van der Waals surface area contributed by atoms with Gasteiger partial charge in [-0.25, -0.2) is 9.37 Å². The largest absolute Gasteiger partial charge is 1.00 e. The van der Waals surface area contributed by atoms with Crippen LogP contribution >= 0.6 is 0 Å². The normalized spacial score (nSPS) is 11.9. The first-order valence-electron chi connectivity index (χ1n) is 12.9. The Morgan fingerprint density at radius 2 is 1.79 bits per heavy atom. The van der Waals surface area contributed by atoms with Crippen molar-refractivity contribution in [1.82, 2.24) is 4.58 Å². The highest BCUT2D eigenvalue weighted by Gasteiger charge is 2.23. The van der Waals surface area contributed by atoms with Crippen molar-refractivity contribution in [2.75, 3.05) is 45.8 Å². The molecule has 6 nitrogen and oxygen atoms in total. The number of nitrogens with zero attached hydrogens (tertiary/aromatic N) is 2. The summed E-state index contributed by atoms with van der Waals surface area (Å²) in [5.74, 6) is -0.232. The minimum Gasteiger partial charge on any atom is -1.00 e. The predicted molar refractivity (Wildman–Crippen MR) is 151 cm³/mol. The van der Waals surface area contributed by atoms with E-state index >= 15 is 0 Å². The zero-order valence-corrected chi connectivity index (χ0v) is 23.6. The summed E-state index contributed by atoms with van der Waals surface area (Å²) in [6.45, 7) is 6.50. The van der Waals surface area contributed by atoms with Gasteiger partial charge in [-0.3, -0.25) is 0 Å². The van der Waals surface area contributed by atoms with Gasteiger partial charge in [0.25, 0.3) is 0 Å².